The van der Waals surface area contributed by atoms with E-state index in [0.29, 0.717) is 11.2 Å². The maximum absolute atomic E-state index is 8.89. The fraction of sp³-hybridized carbons (Fsp3) is 0.143. The Morgan fingerprint density at radius 1 is 1.42 bits per heavy atom. The Kier molecular flexibility index (Phi) is 3.02. The van der Waals surface area contributed by atoms with Gasteiger partial charge in [-0.05, 0) is 12.3 Å². The third kappa shape index (κ3) is 1.74. The number of para-hydroxylation sites is 1. The molecule has 1 rings (SSSR count). The second kappa shape index (κ2) is 3.84. The topological polar surface area (TPSA) is 66.5 Å². The summed E-state index contributed by atoms with van der Waals surface area (Å²) in [7, 11) is -1.49. The van der Waals surface area contributed by atoms with E-state index >= 15 is 0 Å². The van der Waals surface area contributed by atoms with Crippen LogP contribution in [0.15, 0.2) is 23.1 Å². The standard InChI is InChI=1S/C7H10BNO2S/c1-12-6-4-2-3-5(7(6)9)8(10)11/h2-4,10-11H,9H2,1H3. The van der Waals surface area contributed by atoms with Crippen molar-refractivity contribution in [3.63, 3.8) is 0 Å². The minimum absolute atomic E-state index is 0.363. The lowest BCUT2D eigenvalue weighted by Crippen LogP contribution is -2.32. The molecule has 0 saturated heterocycles. The minimum Gasteiger partial charge on any atom is -0.423 e. The number of thioether (sulfide) groups is 1. The van der Waals surface area contributed by atoms with Gasteiger partial charge in [-0.3, -0.25) is 0 Å². The van der Waals surface area contributed by atoms with E-state index in [1.165, 1.54) is 11.8 Å². The van der Waals surface area contributed by atoms with E-state index in [-0.39, 0.29) is 0 Å². The van der Waals surface area contributed by atoms with E-state index in [1.807, 2.05) is 12.3 Å². The molecule has 0 aliphatic carbocycles. The zero-order valence-corrected chi connectivity index (χ0v) is 7.51. The molecule has 3 nitrogen and oxygen atoms in total. The molecule has 5 heteroatoms. The summed E-state index contributed by atoms with van der Waals surface area (Å²) >= 11 is 1.48. The lowest BCUT2D eigenvalue weighted by atomic mass is 9.79. The van der Waals surface area contributed by atoms with Gasteiger partial charge in [0.25, 0.3) is 0 Å². The van der Waals surface area contributed by atoms with Crippen LogP contribution in [0.2, 0.25) is 0 Å². The highest BCUT2D eigenvalue weighted by molar-refractivity contribution is 7.98. The molecule has 0 fully saturated rings. The van der Waals surface area contributed by atoms with Crippen LogP contribution in [0, 0.1) is 0 Å². The Labute approximate surface area is 75.7 Å². The van der Waals surface area contributed by atoms with Crippen LogP contribution in [0.3, 0.4) is 0 Å². The van der Waals surface area contributed by atoms with Gasteiger partial charge >= 0.3 is 7.12 Å². The van der Waals surface area contributed by atoms with Crippen molar-refractivity contribution < 1.29 is 10.0 Å². The van der Waals surface area contributed by atoms with Crippen LogP contribution in [0.5, 0.6) is 0 Å². The Morgan fingerprint density at radius 2 is 2.08 bits per heavy atom. The highest BCUT2D eigenvalue weighted by Gasteiger charge is 2.15. The number of anilines is 1. The van der Waals surface area contributed by atoms with Crippen LogP contribution in [0.4, 0.5) is 5.69 Å². The van der Waals surface area contributed by atoms with Gasteiger partial charge in [-0.25, -0.2) is 0 Å². The fourth-order valence-electron chi connectivity index (χ4n) is 0.964. The van der Waals surface area contributed by atoms with Crippen LogP contribution in [0.1, 0.15) is 0 Å². The van der Waals surface area contributed by atoms with Gasteiger partial charge in [-0.15, -0.1) is 11.8 Å². The number of benzene rings is 1. The lowest BCUT2D eigenvalue weighted by molar-refractivity contribution is 0.426. The van der Waals surface area contributed by atoms with E-state index < -0.39 is 7.12 Å². The fourth-order valence-corrected chi connectivity index (χ4v) is 1.52. The number of hydrogen-bond donors (Lipinski definition) is 3. The number of rotatable bonds is 2. The largest absolute Gasteiger partial charge is 0.490 e. The highest BCUT2D eigenvalue weighted by Crippen LogP contribution is 2.20. The first-order valence-corrected chi connectivity index (χ1v) is 4.67. The zero-order valence-electron chi connectivity index (χ0n) is 6.69. The molecule has 64 valence electrons. The molecule has 0 aromatic heterocycles. The van der Waals surface area contributed by atoms with Crippen molar-refractivity contribution in [3.05, 3.63) is 18.2 Å². The molecule has 0 heterocycles. The minimum atomic E-state index is -1.49. The molecule has 0 amide bonds. The van der Waals surface area contributed by atoms with E-state index in [9.17, 15) is 0 Å². The molecule has 0 aliphatic heterocycles. The maximum Gasteiger partial charge on any atom is 0.490 e. The summed E-state index contributed by atoms with van der Waals surface area (Å²) in [6, 6.07) is 5.18. The van der Waals surface area contributed by atoms with Crippen molar-refractivity contribution in [1.82, 2.24) is 0 Å². The van der Waals surface area contributed by atoms with Crippen molar-refractivity contribution in [3.8, 4) is 0 Å². The van der Waals surface area contributed by atoms with Gasteiger partial charge in [0, 0.05) is 16.0 Å². The normalized spacial score (nSPS) is 9.92. The van der Waals surface area contributed by atoms with Crippen LogP contribution < -0.4 is 11.2 Å². The molecular formula is C7H10BNO2S. The van der Waals surface area contributed by atoms with Crippen LogP contribution >= 0.6 is 11.8 Å². The molecule has 1 aromatic carbocycles. The molecule has 0 spiro atoms. The van der Waals surface area contributed by atoms with Gasteiger partial charge in [0.1, 0.15) is 0 Å². The SMILES string of the molecule is CSc1cccc(B(O)O)c1N. The molecule has 12 heavy (non-hydrogen) atoms. The summed E-state index contributed by atoms with van der Waals surface area (Å²) < 4.78 is 0. The Morgan fingerprint density at radius 3 is 2.58 bits per heavy atom. The Hall–Kier alpha value is -0.645. The first-order valence-electron chi connectivity index (χ1n) is 3.45. The predicted octanol–water partition coefficient (Wildman–Crippen LogP) is -0.329. The number of nitrogen functional groups attached to an aromatic ring is 1. The van der Waals surface area contributed by atoms with Crippen LogP contribution in [0.25, 0.3) is 0 Å². The predicted molar refractivity (Wildman–Crippen MR) is 52.5 cm³/mol. The first kappa shape index (κ1) is 9.44. The monoisotopic (exact) mass is 183 g/mol. The van der Waals surface area contributed by atoms with Crippen molar-refractivity contribution in [2.24, 2.45) is 0 Å². The smallest absolute Gasteiger partial charge is 0.423 e. The average molecular weight is 183 g/mol. The molecular weight excluding hydrogens is 173 g/mol. The van der Waals surface area contributed by atoms with Crippen LogP contribution in [-0.2, 0) is 0 Å². The molecule has 0 bridgehead atoms. The lowest BCUT2D eigenvalue weighted by Gasteiger charge is -2.07. The van der Waals surface area contributed by atoms with Crippen molar-refractivity contribution in [2.75, 3.05) is 12.0 Å². The van der Waals surface area contributed by atoms with Crippen LogP contribution in [-0.4, -0.2) is 23.4 Å². The number of nitrogens with two attached hydrogens (primary N) is 1. The van der Waals surface area contributed by atoms with E-state index in [2.05, 4.69) is 0 Å². The third-order valence-electron chi connectivity index (χ3n) is 1.60. The number of hydrogen-bond acceptors (Lipinski definition) is 4. The van der Waals surface area contributed by atoms with E-state index in [4.69, 9.17) is 15.8 Å². The van der Waals surface area contributed by atoms with Gasteiger partial charge in [0.05, 0.1) is 0 Å². The molecule has 0 unspecified atom stereocenters. The average Bonchev–Trinajstić information content (AvgIpc) is 2.04. The molecule has 0 aliphatic rings. The Balaban J connectivity index is 3.14. The third-order valence-corrected chi connectivity index (χ3v) is 2.39. The summed E-state index contributed by atoms with van der Waals surface area (Å²) in [4.78, 5) is 0.862. The molecule has 4 N–H and O–H groups in total. The second-order valence-electron chi connectivity index (χ2n) is 2.34. The summed E-state index contributed by atoms with van der Waals surface area (Å²) in [6.45, 7) is 0. The zero-order chi connectivity index (χ0) is 9.14. The van der Waals surface area contributed by atoms with Gasteiger partial charge in [-0.1, -0.05) is 12.1 Å². The first-order chi connectivity index (χ1) is 5.66. The second-order valence-corrected chi connectivity index (χ2v) is 3.18. The van der Waals surface area contributed by atoms with E-state index in [1.54, 1.807) is 12.1 Å². The summed E-state index contributed by atoms with van der Waals surface area (Å²) in [5.41, 5.74) is 6.46. The molecule has 0 atom stereocenters. The maximum atomic E-state index is 8.89. The van der Waals surface area contributed by atoms with E-state index in [0.717, 1.165) is 4.90 Å². The molecule has 0 radical (unpaired) electrons. The van der Waals surface area contributed by atoms with Crippen molar-refractivity contribution in [1.29, 1.82) is 0 Å². The summed E-state index contributed by atoms with van der Waals surface area (Å²) in [5.74, 6) is 0. The van der Waals surface area contributed by atoms with Gasteiger partial charge < -0.3 is 15.8 Å². The quantitative estimate of drug-likeness (QED) is 0.333. The van der Waals surface area contributed by atoms with Gasteiger partial charge in [-0.2, -0.15) is 0 Å². The van der Waals surface area contributed by atoms with Crippen molar-refractivity contribution in [2.45, 2.75) is 4.90 Å². The van der Waals surface area contributed by atoms with Gasteiger partial charge in [0.15, 0.2) is 0 Å². The van der Waals surface area contributed by atoms with Gasteiger partial charge in [0.2, 0.25) is 0 Å². The van der Waals surface area contributed by atoms with Crippen molar-refractivity contribution >= 4 is 30.0 Å². The molecule has 1 aromatic rings. The molecule has 0 saturated carbocycles. The highest BCUT2D eigenvalue weighted by atomic mass is 32.2. The Bertz CT molecular complexity index is 280. The summed E-state index contributed by atoms with van der Waals surface area (Å²) in [6.07, 6.45) is 1.89. The summed E-state index contributed by atoms with van der Waals surface area (Å²) in [5, 5.41) is 17.8.